The summed E-state index contributed by atoms with van der Waals surface area (Å²) in [5.41, 5.74) is 0.625. The van der Waals surface area contributed by atoms with Crippen LogP contribution in [0.5, 0.6) is 5.75 Å². The Labute approximate surface area is 96.4 Å². The molecule has 0 aromatic heterocycles. The zero-order valence-electron chi connectivity index (χ0n) is 10.2. The van der Waals surface area contributed by atoms with Crippen molar-refractivity contribution in [1.82, 2.24) is 0 Å². The van der Waals surface area contributed by atoms with E-state index in [1.807, 2.05) is 19.9 Å². The maximum absolute atomic E-state index is 12.1. The van der Waals surface area contributed by atoms with E-state index in [0.717, 1.165) is 0 Å². The third-order valence-corrected chi connectivity index (χ3v) is 2.47. The molecule has 3 heteroatoms. The Morgan fingerprint density at radius 2 is 1.94 bits per heavy atom. The molecule has 16 heavy (non-hydrogen) atoms. The Balaban J connectivity index is 2.94. The monoisotopic (exact) mass is 222 g/mol. The second-order valence-corrected chi connectivity index (χ2v) is 4.00. The predicted molar refractivity (Wildman–Crippen MR) is 63.0 cm³/mol. The van der Waals surface area contributed by atoms with E-state index in [9.17, 15) is 4.79 Å². The second-order valence-electron chi connectivity index (χ2n) is 4.00. The molecule has 88 valence electrons. The molecule has 0 aliphatic carbocycles. The lowest BCUT2D eigenvalue weighted by molar-refractivity contribution is 0.0458. The van der Waals surface area contributed by atoms with Crippen LogP contribution < -0.4 is 4.74 Å². The average molecular weight is 222 g/mol. The van der Waals surface area contributed by atoms with E-state index >= 15 is 0 Å². The zero-order valence-corrected chi connectivity index (χ0v) is 10.2. The highest BCUT2D eigenvalue weighted by Crippen LogP contribution is 2.17. The van der Waals surface area contributed by atoms with Crippen LogP contribution in [0.25, 0.3) is 0 Å². The normalized spacial score (nSPS) is 12.6. The number of ketones is 1. The molecule has 1 rings (SSSR count). The quantitative estimate of drug-likeness (QED) is 0.718. The van der Waals surface area contributed by atoms with Crippen molar-refractivity contribution in [1.29, 1.82) is 0 Å². The van der Waals surface area contributed by atoms with Crippen molar-refractivity contribution in [3.8, 4) is 5.75 Å². The van der Waals surface area contributed by atoms with Gasteiger partial charge in [-0.1, -0.05) is 26.0 Å². The first kappa shape index (κ1) is 12.7. The van der Waals surface area contributed by atoms with Crippen LogP contribution in [0, 0.1) is 5.92 Å². The fraction of sp³-hybridized carbons (Fsp3) is 0.462. The van der Waals surface area contributed by atoms with Crippen molar-refractivity contribution in [2.24, 2.45) is 5.92 Å². The van der Waals surface area contributed by atoms with Crippen molar-refractivity contribution in [2.45, 2.75) is 20.0 Å². The lowest BCUT2D eigenvalue weighted by Crippen LogP contribution is -2.28. The van der Waals surface area contributed by atoms with Gasteiger partial charge in [-0.2, -0.15) is 0 Å². The van der Waals surface area contributed by atoms with E-state index in [2.05, 4.69) is 0 Å². The van der Waals surface area contributed by atoms with Gasteiger partial charge in [0.15, 0.2) is 5.78 Å². The van der Waals surface area contributed by atoms with E-state index in [0.29, 0.717) is 11.3 Å². The summed E-state index contributed by atoms with van der Waals surface area (Å²) in [6.07, 6.45) is -0.396. The molecule has 0 saturated carbocycles. The van der Waals surface area contributed by atoms with Gasteiger partial charge in [0.1, 0.15) is 11.9 Å². The minimum absolute atomic E-state index is 0.00333. The van der Waals surface area contributed by atoms with E-state index < -0.39 is 6.10 Å². The van der Waals surface area contributed by atoms with Crippen LogP contribution in [0.1, 0.15) is 24.2 Å². The molecule has 0 spiro atoms. The SMILES string of the molecule is COc1cccc(C(=O)C(OC)C(C)C)c1. The molecular weight excluding hydrogens is 204 g/mol. The van der Waals surface area contributed by atoms with Gasteiger partial charge >= 0.3 is 0 Å². The van der Waals surface area contributed by atoms with Crippen molar-refractivity contribution in [3.05, 3.63) is 29.8 Å². The fourth-order valence-corrected chi connectivity index (χ4v) is 1.62. The number of hydrogen-bond acceptors (Lipinski definition) is 3. The maximum Gasteiger partial charge on any atom is 0.191 e. The zero-order chi connectivity index (χ0) is 12.1. The molecule has 1 aromatic rings. The number of hydrogen-bond donors (Lipinski definition) is 0. The minimum atomic E-state index is -0.396. The number of ether oxygens (including phenoxy) is 2. The number of benzene rings is 1. The van der Waals surface area contributed by atoms with Gasteiger partial charge < -0.3 is 9.47 Å². The molecule has 3 nitrogen and oxygen atoms in total. The molecule has 0 bridgehead atoms. The molecule has 0 fully saturated rings. The third-order valence-electron chi connectivity index (χ3n) is 2.47. The molecule has 0 saturated heterocycles. The number of Topliss-reactive ketones (excluding diaryl/α,β-unsaturated/α-hetero) is 1. The van der Waals surface area contributed by atoms with Crippen LogP contribution in [0.2, 0.25) is 0 Å². The summed E-state index contributed by atoms with van der Waals surface area (Å²) in [6.45, 7) is 3.93. The Morgan fingerprint density at radius 1 is 1.25 bits per heavy atom. The minimum Gasteiger partial charge on any atom is -0.497 e. The second kappa shape index (κ2) is 5.66. The molecule has 0 aliphatic heterocycles. The summed E-state index contributed by atoms with van der Waals surface area (Å²) in [7, 11) is 3.14. The van der Waals surface area contributed by atoms with Gasteiger partial charge in [-0.3, -0.25) is 4.79 Å². The van der Waals surface area contributed by atoms with Crippen molar-refractivity contribution >= 4 is 5.78 Å². The lowest BCUT2D eigenvalue weighted by atomic mass is 9.97. The van der Waals surface area contributed by atoms with E-state index in [-0.39, 0.29) is 11.7 Å². The largest absolute Gasteiger partial charge is 0.497 e. The van der Waals surface area contributed by atoms with Crippen molar-refractivity contribution in [2.75, 3.05) is 14.2 Å². The Bertz CT molecular complexity index is 358. The number of rotatable bonds is 5. The van der Waals surface area contributed by atoms with Gasteiger partial charge in [-0.25, -0.2) is 0 Å². The summed E-state index contributed by atoms with van der Waals surface area (Å²) in [5, 5.41) is 0. The molecule has 1 aromatic carbocycles. The molecule has 1 unspecified atom stereocenters. The molecule has 0 N–H and O–H groups in total. The highest BCUT2D eigenvalue weighted by atomic mass is 16.5. The predicted octanol–water partition coefficient (Wildman–Crippen LogP) is 2.55. The third kappa shape index (κ3) is 2.83. The molecule has 0 amide bonds. The Kier molecular flexibility index (Phi) is 4.50. The van der Waals surface area contributed by atoms with Gasteiger partial charge in [0.25, 0.3) is 0 Å². The van der Waals surface area contributed by atoms with Gasteiger partial charge in [-0.15, -0.1) is 0 Å². The van der Waals surface area contributed by atoms with E-state index in [1.54, 1.807) is 32.4 Å². The van der Waals surface area contributed by atoms with Gasteiger partial charge in [0, 0.05) is 12.7 Å². The molecule has 1 atom stereocenters. The molecule has 0 aliphatic rings. The van der Waals surface area contributed by atoms with Crippen LogP contribution in [0.3, 0.4) is 0 Å². The summed E-state index contributed by atoms with van der Waals surface area (Å²) in [4.78, 5) is 12.1. The van der Waals surface area contributed by atoms with E-state index in [4.69, 9.17) is 9.47 Å². The lowest BCUT2D eigenvalue weighted by Gasteiger charge is -2.17. The van der Waals surface area contributed by atoms with Crippen LogP contribution in [-0.2, 0) is 4.74 Å². The van der Waals surface area contributed by atoms with Crippen molar-refractivity contribution in [3.63, 3.8) is 0 Å². The first-order valence-corrected chi connectivity index (χ1v) is 5.31. The van der Waals surface area contributed by atoms with Gasteiger partial charge in [0.05, 0.1) is 7.11 Å². The highest BCUT2D eigenvalue weighted by molar-refractivity contribution is 5.99. The van der Waals surface area contributed by atoms with Crippen LogP contribution in [0.15, 0.2) is 24.3 Å². The van der Waals surface area contributed by atoms with Gasteiger partial charge in [-0.05, 0) is 18.1 Å². The average Bonchev–Trinajstić information content (AvgIpc) is 2.29. The standard InChI is InChI=1S/C13H18O3/c1-9(2)13(16-4)12(14)10-6-5-7-11(8-10)15-3/h5-9,13H,1-4H3. The Hall–Kier alpha value is -1.35. The maximum atomic E-state index is 12.1. The first-order valence-electron chi connectivity index (χ1n) is 5.31. The van der Waals surface area contributed by atoms with Crippen molar-refractivity contribution < 1.29 is 14.3 Å². The summed E-state index contributed by atoms with van der Waals surface area (Å²) in [6, 6.07) is 7.13. The van der Waals surface area contributed by atoms with Crippen LogP contribution >= 0.6 is 0 Å². The molecular formula is C13H18O3. The smallest absolute Gasteiger partial charge is 0.191 e. The number of methoxy groups -OCH3 is 2. The molecule has 0 radical (unpaired) electrons. The molecule has 0 heterocycles. The number of carbonyl (C=O) groups is 1. The summed E-state index contributed by atoms with van der Waals surface area (Å²) in [5.74, 6) is 0.838. The number of carbonyl (C=O) groups excluding carboxylic acids is 1. The van der Waals surface area contributed by atoms with Crippen LogP contribution in [-0.4, -0.2) is 26.1 Å². The van der Waals surface area contributed by atoms with E-state index in [1.165, 1.54) is 0 Å². The van der Waals surface area contributed by atoms with Gasteiger partial charge in [0.2, 0.25) is 0 Å². The summed E-state index contributed by atoms with van der Waals surface area (Å²) >= 11 is 0. The highest BCUT2D eigenvalue weighted by Gasteiger charge is 2.23. The first-order chi connectivity index (χ1) is 7.60. The Morgan fingerprint density at radius 3 is 2.44 bits per heavy atom. The topological polar surface area (TPSA) is 35.5 Å². The fourth-order valence-electron chi connectivity index (χ4n) is 1.62. The summed E-state index contributed by atoms with van der Waals surface area (Å²) < 4.78 is 10.3. The van der Waals surface area contributed by atoms with Crippen LogP contribution in [0.4, 0.5) is 0 Å².